The van der Waals surface area contributed by atoms with E-state index in [2.05, 4.69) is 4.72 Å². The molecule has 0 amide bonds. The number of aryl methyl sites for hydroxylation is 2. The first-order valence-electron chi connectivity index (χ1n) is 6.36. The van der Waals surface area contributed by atoms with Crippen LogP contribution in [-0.4, -0.2) is 14.3 Å². The van der Waals surface area contributed by atoms with Crippen molar-refractivity contribution in [2.45, 2.75) is 18.2 Å². The molecule has 0 atom stereocenters. The predicted molar refractivity (Wildman–Crippen MR) is 82.8 cm³/mol. The third kappa shape index (κ3) is 3.95. The summed E-state index contributed by atoms with van der Waals surface area (Å²) in [5, 5.41) is 0. The first kappa shape index (κ1) is 15.8. The average molecular weight is 328 g/mol. The van der Waals surface area contributed by atoms with Crippen LogP contribution in [0, 0.1) is 12.7 Å². The molecule has 0 saturated heterocycles. The summed E-state index contributed by atoms with van der Waals surface area (Å²) in [4.78, 5) is 0.155. The molecular formula is C15H15ClFNO2S. The lowest BCUT2D eigenvalue weighted by Gasteiger charge is -2.09. The Labute approximate surface area is 128 Å². The molecule has 0 radical (unpaired) electrons. The number of alkyl halides is 1. The Kier molecular flexibility index (Phi) is 4.85. The van der Waals surface area contributed by atoms with Gasteiger partial charge in [0.15, 0.2) is 0 Å². The van der Waals surface area contributed by atoms with Crippen molar-refractivity contribution in [3.05, 3.63) is 59.4 Å². The van der Waals surface area contributed by atoms with E-state index in [0.29, 0.717) is 23.6 Å². The largest absolute Gasteiger partial charge is 0.280 e. The minimum absolute atomic E-state index is 0.155. The van der Waals surface area contributed by atoms with Crippen LogP contribution in [0.5, 0.6) is 0 Å². The van der Waals surface area contributed by atoms with Gasteiger partial charge in [-0.05, 0) is 54.8 Å². The topological polar surface area (TPSA) is 46.2 Å². The Hall–Kier alpha value is -1.59. The van der Waals surface area contributed by atoms with Gasteiger partial charge in [0.05, 0.1) is 4.90 Å². The normalized spacial score (nSPS) is 11.4. The van der Waals surface area contributed by atoms with Crippen LogP contribution in [0.25, 0.3) is 0 Å². The highest BCUT2D eigenvalue weighted by molar-refractivity contribution is 7.92. The molecule has 3 nitrogen and oxygen atoms in total. The van der Waals surface area contributed by atoms with Crippen LogP contribution in [0.15, 0.2) is 47.4 Å². The van der Waals surface area contributed by atoms with E-state index < -0.39 is 10.0 Å². The van der Waals surface area contributed by atoms with Crippen molar-refractivity contribution in [2.24, 2.45) is 0 Å². The molecule has 0 aliphatic carbocycles. The summed E-state index contributed by atoms with van der Waals surface area (Å²) in [6.45, 7) is 1.58. The maximum absolute atomic E-state index is 13.2. The third-order valence-corrected chi connectivity index (χ3v) is 4.61. The first-order chi connectivity index (χ1) is 9.92. The van der Waals surface area contributed by atoms with E-state index in [0.717, 1.165) is 5.56 Å². The molecule has 1 N–H and O–H groups in total. The fourth-order valence-electron chi connectivity index (χ4n) is 1.87. The highest BCUT2D eigenvalue weighted by Gasteiger charge is 2.14. The van der Waals surface area contributed by atoms with Crippen molar-refractivity contribution < 1.29 is 12.8 Å². The molecule has 0 unspecified atom stereocenters. The molecule has 2 aromatic carbocycles. The third-order valence-electron chi connectivity index (χ3n) is 3.03. The molecule has 0 aliphatic heterocycles. The maximum Gasteiger partial charge on any atom is 0.261 e. The zero-order chi connectivity index (χ0) is 15.5. The minimum atomic E-state index is -3.68. The van der Waals surface area contributed by atoms with Gasteiger partial charge in [0.25, 0.3) is 10.0 Å². The van der Waals surface area contributed by atoms with Crippen molar-refractivity contribution in [3.63, 3.8) is 0 Å². The summed E-state index contributed by atoms with van der Waals surface area (Å²) in [6, 6.07) is 10.6. The lowest BCUT2D eigenvalue weighted by Crippen LogP contribution is -2.13. The van der Waals surface area contributed by atoms with Gasteiger partial charge in [-0.25, -0.2) is 12.8 Å². The average Bonchev–Trinajstić information content (AvgIpc) is 2.44. The van der Waals surface area contributed by atoms with E-state index in [4.69, 9.17) is 11.6 Å². The van der Waals surface area contributed by atoms with Gasteiger partial charge in [0.2, 0.25) is 0 Å². The number of rotatable bonds is 5. The smallest absolute Gasteiger partial charge is 0.261 e. The molecule has 0 heterocycles. The summed E-state index contributed by atoms with van der Waals surface area (Å²) >= 11 is 5.64. The number of sulfonamides is 1. The zero-order valence-corrected chi connectivity index (χ0v) is 13.0. The number of benzene rings is 2. The van der Waals surface area contributed by atoms with Gasteiger partial charge in [-0.3, -0.25) is 4.72 Å². The molecule has 0 bridgehead atoms. The van der Waals surface area contributed by atoms with Crippen LogP contribution in [0.3, 0.4) is 0 Å². The molecule has 112 valence electrons. The Bertz CT molecular complexity index is 730. The Morgan fingerprint density at radius 3 is 2.38 bits per heavy atom. The fourth-order valence-corrected chi connectivity index (χ4v) is 3.13. The summed E-state index contributed by atoms with van der Waals surface area (Å²) in [7, 11) is -3.68. The second kappa shape index (κ2) is 6.45. The van der Waals surface area contributed by atoms with Crippen LogP contribution in [0.1, 0.15) is 11.1 Å². The number of hydrogen-bond acceptors (Lipinski definition) is 2. The predicted octanol–water partition coefficient (Wildman–Crippen LogP) is 3.72. The number of hydrogen-bond donors (Lipinski definition) is 1. The SMILES string of the molecule is Cc1cc(NS(=O)(=O)c2ccc(CCCl)cc2)ccc1F. The van der Waals surface area contributed by atoms with Crippen LogP contribution in [0.2, 0.25) is 0 Å². The molecule has 6 heteroatoms. The molecule has 2 rings (SSSR count). The summed E-state index contributed by atoms with van der Waals surface area (Å²) in [5.74, 6) is 0.113. The van der Waals surface area contributed by atoms with Gasteiger partial charge < -0.3 is 0 Å². The maximum atomic E-state index is 13.2. The van der Waals surface area contributed by atoms with Crippen molar-refractivity contribution in [1.29, 1.82) is 0 Å². The van der Waals surface area contributed by atoms with E-state index in [9.17, 15) is 12.8 Å². The van der Waals surface area contributed by atoms with Crippen LogP contribution in [-0.2, 0) is 16.4 Å². The molecule has 21 heavy (non-hydrogen) atoms. The van der Waals surface area contributed by atoms with E-state index in [-0.39, 0.29) is 10.7 Å². The second-order valence-corrected chi connectivity index (χ2v) is 6.71. The summed E-state index contributed by atoms with van der Waals surface area (Å²) < 4.78 is 40.1. The molecule has 0 aliphatic rings. The van der Waals surface area contributed by atoms with Crippen molar-refractivity contribution in [3.8, 4) is 0 Å². The molecular weight excluding hydrogens is 313 g/mol. The van der Waals surface area contributed by atoms with Crippen LogP contribution in [0.4, 0.5) is 10.1 Å². The second-order valence-electron chi connectivity index (χ2n) is 4.65. The summed E-state index contributed by atoms with van der Waals surface area (Å²) in [5.41, 5.74) is 1.69. The van der Waals surface area contributed by atoms with E-state index in [1.54, 1.807) is 19.1 Å². The number of anilines is 1. The van der Waals surface area contributed by atoms with Crippen LogP contribution >= 0.6 is 11.6 Å². The van der Waals surface area contributed by atoms with Gasteiger partial charge in [-0.15, -0.1) is 11.6 Å². The van der Waals surface area contributed by atoms with Crippen molar-refractivity contribution in [1.82, 2.24) is 0 Å². The molecule has 2 aromatic rings. The minimum Gasteiger partial charge on any atom is -0.280 e. The van der Waals surface area contributed by atoms with Crippen molar-refractivity contribution in [2.75, 3.05) is 10.6 Å². The monoisotopic (exact) mass is 327 g/mol. The first-order valence-corrected chi connectivity index (χ1v) is 8.38. The van der Waals surface area contributed by atoms with E-state index in [1.807, 2.05) is 0 Å². The molecule has 0 saturated carbocycles. The fraction of sp³-hybridized carbons (Fsp3) is 0.200. The highest BCUT2D eigenvalue weighted by Crippen LogP contribution is 2.19. The standard InChI is InChI=1S/C15H15ClFNO2S/c1-11-10-13(4-7-15(11)17)18-21(19,20)14-5-2-12(3-6-14)8-9-16/h2-7,10,18H,8-9H2,1H3. The lowest BCUT2D eigenvalue weighted by atomic mass is 10.2. The van der Waals surface area contributed by atoms with Gasteiger partial charge in [-0.1, -0.05) is 12.1 Å². The van der Waals surface area contributed by atoms with Gasteiger partial charge in [0, 0.05) is 11.6 Å². The highest BCUT2D eigenvalue weighted by atomic mass is 35.5. The Morgan fingerprint density at radius 2 is 1.81 bits per heavy atom. The van der Waals surface area contributed by atoms with E-state index >= 15 is 0 Å². The zero-order valence-electron chi connectivity index (χ0n) is 11.4. The van der Waals surface area contributed by atoms with Crippen LogP contribution < -0.4 is 4.72 Å². The number of nitrogens with one attached hydrogen (secondary N) is 1. The molecule has 0 spiro atoms. The quantitative estimate of drug-likeness (QED) is 0.851. The van der Waals surface area contributed by atoms with Gasteiger partial charge in [0.1, 0.15) is 5.82 Å². The van der Waals surface area contributed by atoms with Gasteiger partial charge in [-0.2, -0.15) is 0 Å². The Morgan fingerprint density at radius 1 is 1.14 bits per heavy atom. The van der Waals surface area contributed by atoms with Crippen molar-refractivity contribution >= 4 is 27.3 Å². The number of halogens is 2. The van der Waals surface area contributed by atoms with Gasteiger partial charge >= 0.3 is 0 Å². The molecule has 0 aromatic heterocycles. The Balaban J connectivity index is 2.23. The summed E-state index contributed by atoms with van der Waals surface area (Å²) in [6.07, 6.45) is 0.687. The lowest BCUT2D eigenvalue weighted by molar-refractivity contribution is 0.601. The molecule has 0 fully saturated rings. The van der Waals surface area contributed by atoms with E-state index in [1.165, 1.54) is 30.3 Å².